The van der Waals surface area contributed by atoms with Crippen LogP contribution in [0.15, 0.2) is 12.1 Å². The summed E-state index contributed by atoms with van der Waals surface area (Å²) in [4.78, 5) is 14.6. The fourth-order valence-electron chi connectivity index (χ4n) is 2.12. The van der Waals surface area contributed by atoms with Gasteiger partial charge in [0.25, 0.3) is 0 Å². The average Bonchev–Trinajstić information content (AvgIpc) is 2.29. The van der Waals surface area contributed by atoms with E-state index in [1.165, 1.54) is 10.5 Å². The summed E-state index contributed by atoms with van der Waals surface area (Å²) in [7, 11) is 5.66. The molecule has 0 aliphatic heterocycles. The number of amides is 1. The van der Waals surface area contributed by atoms with Crippen molar-refractivity contribution < 1.29 is 9.90 Å². The lowest BCUT2D eigenvalue weighted by atomic mass is 9.95. The standard InChI is InChI=1S/C15H24N2O2/c1-10(2)13-8-12(9-16(4)5)11(3)7-14(13)17(6)15(18)19/h7-8,10H,9H2,1-6H3,(H,18,19). The molecule has 1 aromatic rings. The molecule has 0 atom stereocenters. The first kappa shape index (κ1) is 15.5. The largest absolute Gasteiger partial charge is 0.465 e. The summed E-state index contributed by atoms with van der Waals surface area (Å²) >= 11 is 0. The van der Waals surface area contributed by atoms with E-state index in [1.54, 1.807) is 7.05 Å². The molecule has 0 heterocycles. The fourth-order valence-corrected chi connectivity index (χ4v) is 2.12. The second-order valence-electron chi connectivity index (χ2n) is 5.57. The molecule has 0 spiro atoms. The van der Waals surface area contributed by atoms with Crippen molar-refractivity contribution >= 4 is 11.8 Å². The highest BCUT2D eigenvalue weighted by Crippen LogP contribution is 2.30. The molecule has 0 bridgehead atoms. The highest BCUT2D eigenvalue weighted by molar-refractivity contribution is 5.87. The van der Waals surface area contributed by atoms with Crippen molar-refractivity contribution in [1.29, 1.82) is 0 Å². The minimum atomic E-state index is -0.929. The van der Waals surface area contributed by atoms with Crippen LogP contribution in [-0.2, 0) is 6.54 Å². The highest BCUT2D eigenvalue weighted by atomic mass is 16.4. The van der Waals surface area contributed by atoms with E-state index in [4.69, 9.17) is 5.11 Å². The van der Waals surface area contributed by atoms with Crippen molar-refractivity contribution in [2.75, 3.05) is 26.0 Å². The van der Waals surface area contributed by atoms with Gasteiger partial charge in [0, 0.05) is 13.6 Å². The first-order chi connectivity index (χ1) is 8.73. The predicted octanol–water partition coefficient (Wildman–Crippen LogP) is 3.29. The maximum atomic E-state index is 11.2. The van der Waals surface area contributed by atoms with Crippen molar-refractivity contribution in [2.24, 2.45) is 0 Å². The summed E-state index contributed by atoms with van der Waals surface area (Å²) in [5, 5.41) is 9.16. The Morgan fingerprint density at radius 2 is 1.84 bits per heavy atom. The number of nitrogens with zero attached hydrogens (tertiary/aromatic N) is 2. The van der Waals surface area contributed by atoms with Crippen LogP contribution in [0.25, 0.3) is 0 Å². The first-order valence-electron chi connectivity index (χ1n) is 6.48. The molecular weight excluding hydrogens is 240 g/mol. The van der Waals surface area contributed by atoms with Gasteiger partial charge in [-0.3, -0.25) is 4.90 Å². The number of anilines is 1. The van der Waals surface area contributed by atoms with Gasteiger partial charge in [-0.15, -0.1) is 0 Å². The van der Waals surface area contributed by atoms with Crippen LogP contribution in [0.1, 0.15) is 36.5 Å². The van der Waals surface area contributed by atoms with Crippen LogP contribution in [-0.4, -0.2) is 37.2 Å². The maximum Gasteiger partial charge on any atom is 0.411 e. The summed E-state index contributed by atoms with van der Waals surface area (Å²) < 4.78 is 0. The van der Waals surface area contributed by atoms with E-state index in [1.807, 2.05) is 27.1 Å². The van der Waals surface area contributed by atoms with Crippen molar-refractivity contribution in [3.63, 3.8) is 0 Å². The molecule has 0 aromatic heterocycles. The number of hydrogen-bond acceptors (Lipinski definition) is 2. The van der Waals surface area contributed by atoms with E-state index >= 15 is 0 Å². The SMILES string of the molecule is Cc1cc(N(C)C(=O)O)c(C(C)C)cc1CN(C)C. The van der Waals surface area contributed by atoms with E-state index in [9.17, 15) is 4.79 Å². The Bertz CT molecular complexity index is 467. The average molecular weight is 264 g/mol. The number of rotatable bonds is 4. The third-order valence-electron chi connectivity index (χ3n) is 3.24. The predicted molar refractivity (Wildman–Crippen MR) is 79.1 cm³/mol. The Hall–Kier alpha value is -1.55. The maximum absolute atomic E-state index is 11.2. The number of hydrogen-bond donors (Lipinski definition) is 1. The number of carboxylic acid groups (broad SMARTS) is 1. The molecule has 1 aromatic carbocycles. The lowest BCUT2D eigenvalue weighted by Crippen LogP contribution is -2.25. The summed E-state index contributed by atoms with van der Waals surface area (Å²) in [6.07, 6.45) is -0.929. The van der Waals surface area contributed by atoms with Crippen molar-refractivity contribution in [2.45, 2.75) is 33.2 Å². The van der Waals surface area contributed by atoms with Crippen LogP contribution in [0.5, 0.6) is 0 Å². The minimum absolute atomic E-state index is 0.290. The Morgan fingerprint density at radius 3 is 2.26 bits per heavy atom. The topological polar surface area (TPSA) is 43.8 Å². The van der Waals surface area contributed by atoms with Crippen LogP contribution in [0, 0.1) is 6.92 Å². The molecule has 0 aliphatic rings. The van der Waals surface area contributed by atoms with Crippen LogP contribution < -0.4 is 4.90 Å². The van der Waals surface area contributed by atoms with E-state index in [2.05, 4.69) is 24.8 Å². The fraction of sp³-hybridized carbons (Fsp3) is 0.533. The Morgan fingerprint density at radius 1 is 1.26 bits per heavy atom. The smallest absolute Gasteiger partial charge is 0.411 e. The number of carbonyl (C=O) groups is 1. The van der Waals surface area contributed by atoms with E-state index < -0.39 is 6.09 Å². The Kier molecular flexibility index (Phi) is 4.95. The van der Waals surface area contributed by atoms with Gasteiger partial charge < -0.3 is 10.0 Å². The third kappa shape index (κ3) is 3.70. The van der Waals surface area contributed by atoms with Crippen molar-refractivity contribution in [3.8, 4) is 0 Å². The summed E-state index contributed by atoms with van der Waals surface area (Å²) in [5.41, 5.74) is 4.23. The van der Waals surface area contributed by atoms with E-state index in [0.717, 1.165) is 23.4 Å². The molecule has 1 amide bonds. The summed E-state index contributed by atoms with van der Waals surface area (Å²) in [6, 6.07) is 4.11. The highest BCUT2D eigenvalue weighted by Gasteiger charge is 2.17. The van der Waals surface area contributed by atoms with Gasteiger partial charge in [0.15, 0.2) is 0 Å². The quantitative estimate of drug-likeness (QED) is 0.907. The Labute approximate surface area is 115 Å². The second kappa shape index (κ2) is 6.06. The summed E-state index contributed by atoms with van der Waals surface area (Å²) in [6.45, 7) is 7.07. The molecule has 106 valence electrons. The van der Waals surface area contributed by atoms with Gasteiger partial charge in [-0.2, -0.15) is 0 Å². The van der Waals surface area contributed by atoms with Gasteiger partial charge >= 0.3 is 6.09 Å². The van der Waals surface area contributed by atoms with Gasteiger partial charge in [-0.1, -0.05) is 19.9 Å². The molecule has 0 radical (unpaired) electrons. The van der Waals surface area contributed by atoms with Gasteiger partial charge in [-0.25, -0.2) is 4.79 Å². The van der Waals surface area contributed by atoms with Gasteiger partial charge in [0.1, 0.15) is 0 Å². The Balaban J connectivity index is 3.32. The lowest BCUT2D eigenvalue weighted by molar-refractivity contribution is 0.203. The molecular formula is C15H24N2O2. The van der Waals surface area contributed by atoms with Crippen molar-refractivity contribution in [1.82, 2.24) is 4.90 Å². The summed E-state index contributed by atoms with van der Waals surface area (Å²) in [5.74, 6) is 0.290. The van der Waals surface area contributed by atoms with E-state index in [0.29, 0.717) is 5.92 Å². The molecule has 0 saturated heterocycles. The molecule has 0 unspecified atom stereocenters. The first-order valence-corrected chi connectivity index (χ1v) is 6.48. The zero-order valence-electron chi connectivity index (χ0n) is 12.7. The molecule has 0 fully saturated rings. The monoisotopic (exact) mass is 264 g/mol. The lowest BCUT2D eigenvalue weighted by Gasteiger charge is -2.23. The number of benzene rings is 1. The van der Waals surface area contributed by atoms with Crippen LogP contribution in [0.2, 0.25) is 0 Å². The van der Waals surface area contributed by atoms with Crippen LogP contribution >= 0.6 is 0 Å². The number of aryl methyl sites for hydroxylation is 1. The normalized spacial score (nSPS) is 11.2. The van der Waals surface area contributed by atoms with Gasteiger partial charge in [0.05, 0.1) is 5.69 Å². The van der Waals surface area contributed by atoms with E-state index in [-0.39, 0.29) is 0 Å². The molecule has 1 N–H and O–H groups in total. The zero-order valence-corrected chi connectivity index (χ0v) is 12.7. The van der Waals surface area contributed by atoms with Crippen LogP contribution in [0.3, 0.4) is 0 Å². The molecule has 0 aliphatic carbocycles. The minimum Gasteiger partial charge on any atom is -0.465 e. The molecule has 1 rings (SSSR count). The van der Waals surface area contributed by atoms with Crippen molar-refractivity contribution in [3.05, 3.63) is 28.8 Å². The molecule has 19 heavy (non-hydrogen) atoms. The second-order valence-corrected chi connectivity index (χ2v) is 5.57. The zero-order chi connectivity index (χ0) is 14.7. The van der Waals surface area contributed by atoms with Gasteiger partial charge in [-0.05, 0) is 49.7 Å². The molecule has 4 heteroatoms. The molecule has 0 saturated carbocycles. The van der Waals surface area contributed by atoms with Gasteiger partial charge in [0.2, 0.25) is 0 Å². The molecule has 4 nitrogen and oxygen atoms in total. The third-order valence-corrected chi connectivity index (χ3v) is 3.24. The van der Waals surface area contributed by atoms with Crippen LogP contribution in [0.4, 0.5) is 10.5 Å².